The number of methoxy groups -OCH3 is 1. The van der Waals surface area contributed by atoms with Crippen molar-refractivity contribution in [2.24, 2.45) is 7.05 Å². The molecular formula is C17H15ClN2O2. The Morgan fingerprint density at radius 1 is 1.18 bits per heavy atom. The highest BCUT2D eigenvalue weighted by atomic mass is 35.5. The van der Waals surface area contributed by atoms with Crippen molar-refractivity contribution in [3.63, 3.8) is 0 Å². The van der Waals surface area contributed by atoms with Crippen LogP contribution >= 0.6 is 11.6 Å². The van der Waals surface area contributed by atoms with Crippen LogP contribution in [0.25, 0.3) is 10.9 Å². The topological polar surface area (TPSA) is 43.3 Å². The van der Waals surface area contributed by atoms with Gasteiger partial charge in [-0.2, -0.15) is 0 Å². The SMILES string of the molecule is COc1ccc2c(c1)cc(C(=O)Nc1ccccc1Cl)n2C. The van der Waals surface area contributed by atoms with Crippen molar-refractivity contribution in [1.82, 2.24) is 4.57 Å². The van der Waals surface area contributed by atoms with Gasteiger partial charge in [0, 0.05) is 18.0 Å². The zero-order valence-corrected chi connectivity index (χ0v) is 13.0. The van der Waals surface area contributed by atoms with E-state index in [-0.39, 0.29) is 5.91 Å². The molecule has 112 valence electrons. The lowest BCUT2D eigenvalue weighted by molar-refractivity contribution is 0.102. The number of benzene rings is 2. The number of fused-ring (bicyclic) bond motifs is 1. The van der Waals surface area contributed by atoms with Gasteiger partial charge in [0.05, 0.1) is 17.8 Å². The molecule has 0 unspecified atom stereocenters. The number of hydrogen-bond acceptors (Lipinski definition) is 2. The Morgan fingerprint density at radius 3 is 2.68 bits per heavy atom. The summed E-state index contributed by atoms with van der Waals surface area (Å²) in [5.74, 6) is 0.557. The van der Waals surface area contributed by atoms with Crippen LogP contribution in [0, 0.1) is 0 Å². The molecule has 4 nitrogen and oxygen atoms in total. The van der Waals surface area contributed by atoms with Gasteiger partial charge in [-0.1, -0.05) is 23.7 Å². The Kier molecular flexibility index (Phi) is 3.77. The number of hydrogen-bond donors (Lipinski definition) is 1. The number of aromatic nitrogens is 1. The van der Waals surface area contributed by atoms with E-state index in [0.717, 1.165) is 16.7 Å². The minimum Gasteiger partial charge on any atom is -0.497 e. The number of amides is 1. The van der Waals surface area contributed by atoms with E-state index < -0.39 is 0 Å². The Hall–Kier alpha value is -2.46. The zero-order chi connectivity index (χ0) is 15.7. The first-order chi connectivity index (χ1) is 10.6. The summed E-state index contributed by atoms with van der Waals surface area (Å²) in [6, 6.07) is 14.7. The summed E-state index contributed by atoms with van der Waals surface area (Å²) in [5.41, 5.74) is 2.12. The van der Waals surface area contributed by atoms with E-state index in [1.807, 2.05) is 48.0 Å². The third-order valence-corrected chi connectivity index (χ3v) is 3.93. The van der Waals surface area contributed by atoms with E-state index in [1.165, 1.54) is 0 Å². The van der Waals surface area contributed by atoms with Crippen LogP contribution < -0.4 is 10.1 Å². The molecule has 3 rings (SSSR count). The van der Waals surface area contributed by atoms with Gasteiger partial charge in [0.25, 0.3) is 5.91 Å². The van der Waals surface area contributed by atoms with Crippen molar-refractivity contribution in [2.45, 2.75) is 0 Å². The molecular weight excluding hydrogens is 300 g/mol. The standard InChI is InChI=1S/C17H15ClN2O2/c1-20-15-8-7-12(22-2)9-11(15)10-16(20)17(21)19-14-6-4-3-5-13(14)18/h3-10H,1-2H3,(H,19,21). The van der Waals surface area contributed by atoms with E-state index in [9.17, 15) is 4.79 Å². The highest BCUT2D eigenvalue weighted by molar-refractivity contribution is 6.33. The number of carbonyl (C=O) groups is 1. The largest absolute Gasteiger partial charge is 0.497 e. The normalized spacial score (nSPS) is 10.7. The highest BCUT2D eigenvalue weighted by Gasteiger charge is 2.15. The number of nitrogens with zero attached hydrogens (tertiary/aromatic N) is 1. The van der Waals surface area contributed by atoms with Gasteiger partial charge in [-0.15, -0.1) is 0 Å². The number of aryl methyl sites for hydroxylation is 1. The molecule has 22 heavy (non-hydrogen) atoms. The molecule has 3 aromatic rings. The first kappa shape index (κ1) is 14.5. The van der Waals surface area contributed by atoms with Crippen LogP contribution in [0.3, 0.4) is 0 Å². The summed E-state index contributed by atoms with van der Waals surface area (Å²) in [6.07, 6.45) is 0. The fourth-order valence-electron chi connectivity index (χ4n) is 2.42. The summed E-state index contributed by atoms with van der Waals surface area (Å²) >= 11 is 6.08. The number of para-hydroxylation sites is 1. The molecule has 0 bridgehead atoms. The summed E-state index contributed by atoms with van der Waals surface area (Å²) in [6.45, 7) is 0. The Bertz CT molecular complexity index is 855. The fraction of sp³-hybridized carbons (Fsp3) is 0.118. The van der Waals surface area contributed by atoms with Gasteiger partial charge in [-0.25, -0.2) is 0 Å². The van der Waals surface area contributed by atoms with Gasteiger partial charge in [0.15, 0.2) is 0 Å². The predicted molar refractivity (Wildman–Crippen MR) is 88.9 cm³/mol. The van der Waals surface area contributed by atoms with Crippen LogP contribution in [0.15, 0.2) is 48.5 Å². The number of halogens is 1. The molecule has 5 heteroatoms. The minimum absolute atomic E-state index is 0.203. The lowest BCUT2D eigenvalue weighted by Gasteiger charge is -2.08. The lowest BCUT2D eigenvalue weighted by Crippen LogP contribution is -2.15. The smallest absolute Gasteiger partial charge is 0.272 e. The molecule has 0 saturated heterocycles. The second-order valence-electron chi connectivity index (χ2n) is 4.95. The number of anilines is 1. The van der Waals surface area contributed by atoms with Crippen molar-refractivity contribution in [2.75, 3.05) is 12.4 Å². The third-order valence-electron chi connectivity index (χ3n) is 3.60. The highest BCUT2D eigenvalue weighted by Crippen LogP contribution is 2.25. The first-order valence-electron chi connectivity index (χ1n) is 6.79. The van der Waals surface area contributed by atoms with E-state index in [1.54, 1.807) is 19.2 Å². The van der Waals surface area contributed by atoms with Crippen molar-refractivity contribution in [3.05, 3.63) is 59.2 Å². The minimum atomic E-state index is -0.203. The molecule has 1 heterocycles. The molecule has 0 saturated carbocycles. The number of ether oxygens (including phenoxy) is 1. The first-order valence-corrected chi connectivity index (χ1v) is 7.17. The second-order valence-corrected chi connectivity index (χ2v) is 5.35. The van der Waals surface area contributed by atoms with Gasteiger partial charge < -0.3 is 14.6 Å². The molecule has 1 N–H and O–H groups in total. The Morgan fingerprint density at radius 2 is 1.95 bits per heavy atom. The van der Waals surface area contributed by atoms with E-state index in [4.69, 9.17) is 16.3 Å². The third kappa shape index (κ3) is 2.53. The maximum Gasteiger partial charge on any atom is 0.272 e. The maximum absolute atomic E-state index is 12.5. The summed E-state index contributed by atoms with van der Waals surface area (Å²) in [7, 11) is 3.48. The molecule has 0 atom stereocenters. The molecule has 0 radical (unpaired) electrons. The summed E-state index contributed by atoms with van der Waals surface area (Å²) in [5, 5.41) is 4.29. The van der Waals surface area contributed by atoms with Gasteiger partial charge in [0.2, 0.25) is 0 Å². The molecule has 1 aromatic heterocycles. The molecule has 0 aliphatic rings. The summed E-state index contributed by atoms with van der Waals surface area (Å²) < 4.78 is 7.06. The quantitative estimate of drug-likeness (QED) is 0.791. The predicted octanol–water partition coefficient (Wildman–Crippen LogP) is 4.09. The second kappa shape index (κ2) is 5.73. The van der Waals surface area contributed by atoms with E-state index in [0.29, 0.717) is 16.4 Å². The molecule has 0 spiro atoms. The van der Waals surface area contributed by atoms with Crippen LogP contribution in [0.2, 0.25) is 5.02 Å². The number of nitrogens with one attached hydrogen (secondary N) is 1. The zero-order valence-electron chi connectivity index (χ0n) is 12.3. The fourth-order valence-corrected chi connectivity index (χ4v) is 2.60. The van der Waals surface area contributed by atoms with Gasteiger partial charge >= 0.3 is 0 Å². The van der Waals surface area contributed by atoms with Gasteiger partial charge in [0.1, 0.15) is 11.4 Å². The number of carbonyl (C=O) groups excluding carboxylic acids is 1. The van der Waals surface area contributed by atoms with Crippen LogP contribution in [0.4, 0.5) is 5.69 Å². The van der Waals surface area contributed by atoms with Crippen molar-refractivity contribution < 1.29 is 9.53 Å². The molecule has 0 aliphatic carbocycles. The van der Waals surface area contributed by atoms with Gasteiger partial charge in [-0.05, 0) is 36.4 Å². The van der Waals surface area contributed by atoms with Crippen LogP contribution in [0.1, 0.15) is 10.5 Å². The van der Waals surface area contributed by atoms with Crippen molar-refractivity contribution >= 4 is 34.1 Å². The Balaban J connectivity index is 1.97. The van der Waals surface area contributed by atoms with Gasteiger partial charge in [-0.3, -0.25) is 4.79 Å². The van der Waals surface area contributed by atoms with E-state index in [2.05, 4.69) is 5.32 Å². The molecule has 2 aromatic carbocycles. The Labute approximate surface area is 133 Å². The number of rotatable bonds is 3. The molecule has 0 aliphatic heterocycles. The van der Waals surface area contributed by atoms with Crippen LogP contribution in [-0.2, 0) is 7.05 Å². The van der Waals surface area contributed by atoms with Crippen molar-refractivity contribution in [1.29, 1.82) is 0 Å². The van der Waals surface area contributed by atoms with E-state index >= 15 is 0 Å². The lowest BCUT2D eigenvalue weighted by atomic mass is 10.2. The van der Waals surface area contributed by atoms with Crippen LogP contribution in [-0.4, -0.2) is 17.6 Å². The monoisotopic (exact) mass is 314 g/mol. The maximum atomic E-state index is 12.5. The average molecular weight is 315 g/mol. The molecule has 1 amide bonds. The average Bonchev–Trinajstić information content (AvgIpc) is 2.86. The van der Waals surface area contributed by atoms with Crippen LogP contribution in [0.5, 0.6) is 5.75 Å². The van der Waals surface area contributed by atoms with Crippen molar-refractivity contribution in [3.8, 4) is 5.75 Å². The molecule has 0 fully saturated rings. The summed E-state index contributed by atoms with van der Waals surface area (Å²) in [4.78, 5) is 12.5.